The van der Waals surface area contributed by atoms with Crippen molar-refractivity contribution in [2.24, 2.45) is 0 Å². The molecule has 2 aromatic heterocycles. The van der Waals surface area contributed by atoms with E-state index in [1.165, 1.54) is 22.2 Å². The van der Waals surface area contributed by atoms with Crippen molar-refractivity contribution in [1.82, 2.24) is 14.9 Å². The third-order valence-corrected chi connectivity index (χ3v) is 6.15. The summed E-state index contributed by atoms with van der Waals surface area (Å²) in [6.07, 6.45) is 1.45. The highest BCUT2D eigenvalue weighted by atomic mass is 32.1. The molecule has 0 atom stereocenters. The Morgan fingerprint density at radius 3 is 2.58 bits per heavy atom. The lowest BCUT2D eigenvalue weighted by Gasteiger charge is -2.08. The maximum atomic E-state index is 13.2. The Morgan fingerprint density at radius 1 is 0.968 bits per heavy atom. The van der Waals surface area contributed by atoms with Crippen LogP contribution in [-0.2, 0) is 17.9 Å². The highest BCUT2D eigenvalue weighted by Gasteiger charge is 2.15. The van der Waals surface area contributed by atoms with Gasteiger partial charge < -0.3 is 5.32 Å². The van der Waals surface area contributed by atoms with Gasteiger partial charge in [0.2, 0.25) is 5.91 Å². The first-order chi connectivity index (χ1) is 15.2. The molecular formula is C25H19N3O2S. The van der Waals surface area contributed by atoms with Crippen LogP contribution in [-0.4, -0.2) is 15.5 Å². The maximum absolute atomic E-state index is 13.2. The number of nitrogens with zero attached hydrogens (tertiary/aromatic N) is 2. The van der Waals surface area contributed by atoms with Gasteiger partial charge in [0.25, 0.3) is 5.56 Å². The first kappa shape index (κ1) is 19.2. The molecule has 0 saturated heterocycles. The van der Waals surface area contributed by atoms with Crippen LogP contribution in [0, 0.1) is 0 Å². The molecule has 0 bridgehead atoms. The Hall–Kier alpha value is -3.77. The van der Waals surface area contributed by atoms with Crippen LogP contribution in [0.2, 0.25) is 0 Å². The molecule has 1 N–H and O–H groups in total. The number of nitrogens with one attached hydrogen (secondary N) is 1. The second-order valence-electron chi connectivity index (χ2n) is 7.33. The lowest BCUT2D eigenvalue weighted by atomic mass is 10.0. The van der Waals surface area contributed by atoms with E-state index in [1.54, 1.807) is 0 Å². The largest absolute Gasteiger partial charge is 0.350 e. The molecule has 31 heavy (non-hydrogen) atoms. The van der Waals surface area contributed by atoms with Gasteiger partial charge in [-0.2, -0.15) is 0 Å². The predicted molar refractivity (Wildman–Crippen MR) is 125 cm³/mol. The average Bonchev–Trinajstić information content (AvgIpc) is 3.25. The molecule has 5 aromatic rings. The quantitative estimate of drug-likeness (QED) is 0.448. The first-order valence-corrected chi connectivity index (χ1v) is 10.8. The van der Waals surface area contributed by atoms with Crippen LogP contribution in [0.1, 0.15) is 5.56 Å². The molecule has 0 aliphatic carbocycles. The Labute approximate surface area is 182 Å². The van der Waals surface area contributed by atoms with Crippen molar-refractivity contribution in [2.45, 2.75) is 13.1 Å². The van der Waals surface area contributed by atoms with Gasteiger partial charge in [0.15, 0.2) is 0 Å². The summed E-state index contributed by atoms with van der Waals surface area (Å²) in [6.45, 7) is 0.354. The Morgan fingerprint density at radius 2 is 1.74 bits per heavy atom. The number of amides is 1. The minimum absolute atomic E-state index is 0.0678. The number of carbonyl (C=O) groups is 1. The van der Waals surface area contributed by atoms with Gasteiger partial charge in [0.05, 0.1) is 11.7 Å². The van der Waals surface area contributed by atoms with Crippen LogP contribution >= 0.6 is 11.3 Å². The van der Waals surface area contributed by atoms with Crippen molar-refractivity contribution >= 4 is 38.2 Å². The van der Waals surface area contributed by atoms with E-state index in [2.05, 4.69) is 34.6 Å². The zero-order valence-corrected chi connectivity index (χ0v) is 17.4. The van der Waals surface area contributed by atoms with Gasteiger partial charge in [-0.1, -0.05) is 66.7 Å². The van der Waals surface area contributed by atoms with Crippen molar-refractivity contribution in [3.05, 3.63) is 100 Å². The van der Waals surface area contributed by atoms with Gasteiger partial charge in [-0.15, -0.1) is 11.3 Å². The summed E-state index contributed by atoms with van der Waals surface area (Å²) < 4.78 is 1.37. The normalized spacial score (nSPS) is 11.1. The van der Waals surface area contributed by atoms with Gasteiger partial charge in [-0.25, -0.2) is 4.98 Å². The highest BCUT2D eigenvalue weighted by molar-refractivity contribution is 7.17. The number of thiophene rings is 1. The molecule has 0 radical (unpaired) electrons. The van der Waals surface area contributed by atoms with Crippen LogP contribution in [0.15, 0.2) is 89.3 Å². The van der Waals surface area contributed by atoms with E-state index in [-0.39, 0.29) is 18.0 Å². The molecule has 0 aliphatic rings. The van der Waals surface area contributed by atoms with Gasteiger partial charge in [-0.05, 0) is 28.0 Å². The Bertz CT molecular complexity index is 1450. The summed E-state index contributed by atoms with van der Waals surface area (Å²) in [6, 6.07) is 24.0. The molecule has 0 unspecified atom stereocenters. The van der Waals surface area contributed by atoms with Crippen molar-refractivity contribution in [3.63, 3.8) is 0 Å². The number of hydrogen-bond acceptors (Lipinski definition) is 4. The van der Waals surface area contributed by atoms with Gasteiger partial charge in [0.1, 0.15) is 11.4 Å². The number of carbonyl (C=O) groups excluding carboxylic acids is 1. The summed E-state index contributed by atoms with van der Waals surface area (Å²) in [4.78, 5) is 30.7. The first-order valence-electron chi connectivity index (χ1n) is 9.95. The molecule has 6 heteroatoms. The van der Waals surface area contributed by atoms with E-state index in [4.69, 9.17) is 0 Å². The number of benzene rings is 3. The van der Waals surface area contributed by atoms with Crippen molar-refractivity contribution < 1.29 is 4.79 Å². The van der Waals surface area contributed by atoms with Gasteiger partial charge in [-0.3, -0.25) is 14.2 Å². The topological polar surface area (TPSA) is 64.0 Å². The number of rotatable bonds is 5. The zero-order chi connectivity index (χ0) is 21.2. The average molecular weight is 426 g/mol. The molecule has 2 heterocycles. The van der Waals surface area contributed by atoms with E-state index in [0.29, 0.717) is 16.8 Å². The lowest BCUT2D eigenvalue weighted by molar-refractivity contribution is -0.121. The Kier molecular flexibility index (Phi) is 5.06. The Balaban J connectivity index is 1.45. The molecule has 0 spiro atoms. The van der Waals surface area contributed by atoms with Crippen LogP contribution in [0.25, 0.3) is 32.1 Å². The van der Waals surface area contributed by atoms with Crippen molar-refractivity contribution in [2.75, 3.05) is 0 Å². The molecule has 152 valence electrons. The second kappa shape index (κ2) is 8.16. The van der Waals surface area contributed by atoms with E-state index in [1.807, 2.05) is 53.9 Å². The number of aromatic nitrogens is 2. The van der Waals surface area contributed by atoms with E-state index in [0.717, 1.165) is 27.5 Å². The van der Waals surface area contributed by atoms with E-state index >= 15 is 0 Å². The predicted octanol–water partition coefficient (Wildman–Crippen LogP) is 4.59. The maximum Gasteiger partial charge on any atom is 0.263 e. The fourth-order valence-corrected chi connectivity index (χ4v) is 4.56. The minimum Gasteiger partial charge on any atom is -0.350 e. The highest BCUT2D eigenvalue weighted by Crippen LogP contribution is 2.32. The fraction of sp³-hybridized carbons (Fsp3) is 0.0800. The van der Waals surface area contributed by atoms with Gasteiger partial charge in [0, 0.05) is 17.5 Å². The van der Waals surface area contributed by atoms with Gasteiger partial charge >= 0.3 is 0 Å². The summed E-state index contributed by atoms with van der Waals surface area (Å²) in [7, 11) is 0. The summed E-state index contributed by atoms with van der Waals surface area (Å²) in [5.41, 5.74) is 2.62. The third kappa shape index (κ3) is 3.85. The van der Waals surface area contributed by atoms with E-state index in [9.17, 15) is 9.59 Å². The number of fused-ring (bicyclic) bond motifs is 2. The molecule has 5 nitrogen and oxygen atoms in total. The van der Waals surface area contributed by atoms with Crippen LogP contribution < -0.4 is 10.9 Å². The standard InChI is InChI=1S/C25H19N3O2S/c29-22(26-13-17-6-2-1-3-7-17)14-28-16-27-24-23(25(28)30)21(15-31-24)20-11-10-18-8-4-5-9-19(18)12-20/h1-12,15-16H,13-14H2,(H,26,29). The monoisotopic (exact) mass is 425 g/mol. The number of hydrogen-bond donors (Lipinski definition) is 1. The smallest absolute Gasteiger partial charge is 0.263 e. The van der Waals surface area contributed by atoms with Crippen LogP contribution in [0.5, 0.6) is 0 Å². The van der Waals surface area contributed by atoms with Crippen LogP contribution in [0.4, 0.5) is 0 Å². The zero-order valence-electron chi connectivity index (χ0n) is 16.6. The molecule has 0 fully saturated rings. The molecule has 0 saturated carbocycles. The summed E-state index contributed by atoms with van der Waals surface area (Å²) in [5.74, 6) is -0.227. The van der Waals surface area contributed by atoms with E-state index < -0.39 is 0 Å². The lowest BCUT2D eigenvalue weighted by Crippen LogP contribution is -2.32. The molecular weight excluding hydrogens is 406 g/mol. The molecule has 3 aromatic carbocycles. The molecule has 0 aliphatic heterocycles. The minimum atomic E-state index is -0.227. The van der Waals surface area contributed by atoms with Crippen molar-refractivity contribution in [1.29, 1.82) is 0 Å². The third-order valence-electron chi connectivity index (χ3n) is 5.27. The second-order valence-corrected chi connectivity index (χ2v) is 8.19. The fourth-order valence-electron chi connectivity index (χ4n) is 3.66. The van der Waals surface area contributed by atoms with Crippen molar-refractivity contribution in [3.8, 4) is 11.1 Å². The summed E-state index contributed by atoms with van der Waals surface area (Å²) in [5, 5.41) is 7.64. The molecule has 5 rings (SSSR count). The SMILES string of the molecule is O=C(Cn1cnc2scc(-c3ccc4ccccc4c3)c2c1=O)NCc1ccccc1. The van der Waals surface area contributed by atoms with Crippen LogP contribution in [0.3, 0.4) is 0 Å². The summed E-state index contributed by atoms with van der Waals surface area (Å²) >= 11 is 1.44. The molecule has 1 amide bonds.